The zero-order chi connectivity index (χ0) is 22.2. The van der Waals surface area contributed by atoms with Crippen molar-refractivity contribution in [3.63, 3.8) is 0 Å². The number of ether oxygens (including phenoxy) is 1. The first kappa shape index (κ1) is 22.0. The molecule has 2 heterocycles. The summed E-state index contributed by atoms with van der Waals surface area (Å²) in [5.41, 5.74) is 6.09. The SMILES string of the molecule is O=C(CN1CCc2ccccc2C1)N/N=C\c1ccc(OCC(=O)N2CCCCC2)cc1. The van der Waals surface area contributed by atoms with Crippen LogP contribution in [-0.4, -0.2) is 60.6 Å². The van der Waals surface area contributed by atoms with E-state index in [0.717, 1.165) is 51.0 Å². The highest BCUT2D eigenvalue weighted by Gasteiger charge is 2.18. The number of carbonyl (C=O) groups is 2. The van der Waals surface area contributed by atoms with Gasteiger partial charge in [0.1, 0.15) is 5.75 Å². The maximum absolute atomic E-state index is 12.2. The molecule has 2 aliphatic rings. The van der Waals surface area contributed by atoms with Gasteiger partial charge in [-0.05, 0) is 66.6 Å². The second-order valence-corrected chi connectivity index (χ2v) is 8.32. The third-order valence-electron chi connectivity index (χ3n) is 5.93. The number of nitrogens with zero attached hydrogens (tertiary/aromatic N) is 3. The minimum Gasteiger partial charge on any atom is -0.484 e. The minimum absolute atomic E-state index is 0.0373. The van der Waals surface area contributed by atoms with Gasteiger partial charge in [0.05, 0.1) is 12.8 Å². The van der Waals surface area contributed by atoms with E-state index in [1.165, 1.54) is 17.5 Å². The van der Waals surface area contributed by atoms with Gasteiger partial charge in [-0.1, -0.05) is 24.3 Å². The van der Waals surface area contributed by atoms with Gasteiger partial charge in [0.25, 0.3) is 11.8 Å². The molecule has 1 fully saturated rings. The molecule has 0 saturated carbocycles. The molecule has 0 atom stereocenters. The number of benzene rings is 2. The van der Waals surface area contributed by atoms with Crippen molar-refractivity contribution < 1.29 is 14.3 Å². The Morgan fingerprint density at radius 2 is 1.72 bits per heavy atom. The van der Waals surface area contributed by atoms with E-state index < -0.39 is 0 Å². The Kier molecular flexibility index (Phi) is 7.51. The van der Waals surface area contributed by atoms with Gasteiger partial charge in [0.15, 0.2) is 6.61 Å². The number of hydrazone groups is 1. The van der Waals surface area contributed by atoms with Crippen LogP contribution >= 0.6 is 0 Å². The Bertz CT molecular complexity index is 952. The number of nitrogens with one attached hydrogen (secondary N) is 1. The molecule has 1 saturated heterocycles. The van der Waals surface area contributed by atoms with Crippen molar-refractivity contribution in [3.8, 4) is 5.75 Å². The Balaban J connectivity index is 1.18. The molecule has 0 aliphatic carbocycles. The molecule has 0 spiro atoms. The van der Waals surface area contributed by atoms with Gasteiger partial charge >= 0.3 is 0 Å². The van der Waals surface area contributed by atoms with Gasteiger partial charge < -0.3 is 9.64 Å². The summed E-state index contributed by atoms with van der Waals surface area (Å²) in [6, 6.07) is 15.7. The van der Waals surface area contributed by atoms with E-state index >= 15 is 0 Å². The number of carbonyl (C=O) groups excluding carboxylic acids is 2. The van der Waals surface area contributed by atoms with E-state index in [4.69, 9.17) is 4.74 Å². The summed E-state index contributed by atoms with van der Waals surface area (Å²) in [6.07, 6.45) is 5.91. The molecule has 0 aromatic heterocycles. The molecule has 4 rings (SSSR count). The number of rotatable bonds is 7. The molecule has 0 bridgehead atoms. The Hall–Kier alpha value is -3.19. The number of hydrogen-bond acceptors (Lipinski definition) is 5. The number of fused-ring (bicyclic) bond motifs is 1. The highest BCUT2D eigenvalue weighted by atomic mass is 16.5. The predicted octanol–water partition coefficient (Wildman–Crippen LogP) is 2.59. The van der Waals surface area contributed by atoms with Crippen LogP contribution in [-0.2, 0) is 22.6 Å². The quantitative estimate of drug-likeness (QED) is 0.537. The summed E-state index contributed by atoms with van der Waals surface area (Å²) in [5, 5.41) is 4.06. The molecule has 0 radical (unpaired) electrons. The maximum atomic E-state index is 12.2. The number of likely N-dealkylation sites (tertiary alicyclic amines) is 1. The summed E-state index contributed by atoms with van der Waals surface area (Å²) in [5.74, 6) is 0.550. The van der Waals surface area contributed by atoms with Crippen molar-refractivity contribution in [2.24, 2.45) is 5.10 Å². The Morgan fingerprint density at radius 1 is 0.969 bits per heavy atom. The van der Waals surface area contributed by atoms with Crippen molar-refractivity contribution in [1.82, 2.24) is 15.2 Å². The lowest BCUT2D eigenvalue weighted by Gasteiger charge is -2.27. The largest absolute Gasteiger partial charge is 0.484 e. The van der Waals surface area contributed by atoms with E-state index in [-0.39, 0.29) is 18.4 Å². The molecule has 0 unspecified atom stereocenters. The lowest BCUT2D eigenvalue weighted by molar-refractivity contribution is -0.134. The van der Waals surface area contributed by atoms with Crippen LogP contribution in [0, 0.1) is 0 Å². The number of piperidine rings is 1. The van der Waals surface area contributed by atoms with Crippen LogP contribution in [0.5, 0.6) is 5.75 Å². The molecule has 32 heavy (non-hydrogen) atoms. The van der Waals surface area contributed by atoms with Gasteiger partial charge in [-0.3, -0.25) is 14.5 Å². The first-order chi connectivity index (χ1) is 15.7. The second-order valence-electron chi connectivity index (χ2n) is 8.32. The fourth-order valence-electron chi connectivity index (χ4n) is 4.14. The lowest BCUT2D eigenvalue weighted by Crippen LogP contribution is -2.38. The molecule has 2 amide bonds. The van der Waals surface area contributed by atoms with Crippen molar-refractivity contribution >= 4 is 18.0 Å². The first-order valence-corrected chi connectivity index (χ1v) is 11.3. The minimum atomic E-state index is -0.128. The van der Waals surface area contributed by atoms with Crippen LogP contribution in [0.15, 0.2) is 53.6 Å². The molecule has 168 valence electrons. The van der Waals surface area contributed by atoms with E-state index in [2.05, 4.69) is 33.6 Å². The standard InChI is InChI=1S/C25H30N4O3/c30-24(18-28-15-12-21-6-2-3-7-22(21)17-28)27-26-16-20-8-10-23(11-9-20)32-19-25(31)29-13-4-1-5-14-29/h2-3,6-11,16H,1,4-5,12-15,17-19H2,(H,27,30)/b26-16-. The molecule has 2 aromatic rings. The van der Waals surface area contributed by atoms with Gasteiger partial charge in [-0.2, -0.15) is 5.10 Å². The third-order valence-corrected chi connectivity index (χ3v) is 5.93. The van der Waals surface area contributed by atoms with Crippen molar-refractivity contribution in [3.05, 3.63) is 65.2 Å². The Morgan fingerprint density at radius 3 is 2.50 bits per heavy atom. The van der Waals surface area contributed by atoms with Crippen LogP contribution in [0.4, 0.5) is 0 Å². The normalized spacial score (nSPS) is 16.6. The van der Waals surface area contributed by atoms with Gasteiger partial charge in [-0.15, -0.1) is 0 Å². The fourth-order valence-corrected chi connectivity index (χ4v) is 4.14. The van der Waals surface area contributed by atoms with Crippen LogP contribution in [0.1, 0.15) is 36.0 Å². The predicted molar refractivity (Wildman–Crippen MR) is 124 cm³/mol. The van der Waals surface area contributed by atoms with Crippen LogP contribution in [0.2, 0.25) is 0 Å². The maximum Gasteiger partial charge on any atom is 0.260 e. The van der Waals surface area contributed by atoms with Crippen molar-refractivity contribution in [2.45, 2.75) is 32.2 Å². The molecular formula is C25H30N4O3. The summed E-state index contributed by atoms with van der Waals surface area (Å²) >= 11 is 0. The monoisotopic (exact) mass is 434 g/mol. The summed E-state index contributed by atoms with van der Waals surface area (Å²) in [6.45, 7) is 3.70. The van der Waals surface area contributed by atoms with Gasteiger partial charge in [0.2, 0.25) is 0 Å². The zero-order valence-electron chi connectivity index (χ0n) is 18.3. The summed E-state index contributed by atoms with van der Waals surface area (Å²) in [4.78, 5) is 28.4. The van der Waals surface area contributed by atoms with E-state index in [0.29, 0.717) is 12.3 Å². The van der Waals surface area contributed by atoms with Crippen molar-refractivity contribution in [2.75, 3.05) is 32.8 Å². The highest BCUT2D eigenvalue weighted by molar-refractivity contribution is 5.83. The van der Waals surface area contributed by atoms with Crippen LogP contribution in [0.3, 0.4) is 0 Å². The van der Waals surface area contributed by atoms with E-state index in [1.54, 1.807) is 18.3 Å². The zero-order valence-corrected chi connectivity index (χ0v) is 18.3. The fraction of sp³-hybridized carbons (Fsp3) is 0.400. The summed E-state index contributed by atoms with van der Waals surface area (Å²) in [7, 11) is 0. The van der Waals surface area contributed by atoms with E-state index in [9.17, 15) is 9.59 Å². The number of amides is 2. The van der Waals surface area contributed by atoms with Gasteiger partial charge in [-0.25, -0.2) is 5.43 Å². The first-order valence-electron chi connectivity index (χ1n) is 11.3. The average molecular weight is 435 g/mol. The smallest absolute Gasteiger partial charge is 0.260 e. The topological polar surface area (TPSA) is 74.2 Å². The molecular weight excluding hydrogens is 404 g/mol. The van der Waals surface area contributed by atoms with Crippen LogP contribution < -0.4 is 10.2 Å². The lowest BCUT2D eigenvalue weighted by atomic mass is 10.00. The molecule has 2 aromatic carbocycles. The molecule has 7 nitrogen and oxygen atoms in total. The van der Waals surface area contributed by atoms with E-state index in [1.807, 2.05) is 23.1 Å². The third kappa shape index (κ3) is 6.17. The molecule has 2 aliphatic heterocycles. The second kappa shape index (κ2) is 10.9. The highest BCUT2D eigenvalue weighted by Crippen LogP contribution is 2.18. The average Bonchev–Trinajstić information content (AvgIpc) is 2.84. The summed E-state index contributed by atoms with van der Waals surface area (Å²) < 4.78 is 5.62. The number of hydrogen-bond donors (Lipinski definition) is 1. The molecule has 7 heteroatoms. The van der Waals surface area contributed by atoms with Gasteiger partial charge in [0, 0.05) is 26.2 Å². The Labute approximate surface area is 189 Å². The van der Waals surface area contributed by atoms with Crippen molar-refractivity contribution in [1.29, 1.82) is 0 Å². The molecule has 1 N–H and O–H groups in total. The van der Waals surface area contributed by atoms with Crippen LogP contribution in [0.25, 0.3) is 0 Å².